The molecule has 2 rings (SSSR count). The second-order valence-corrected chi connectivity index (χ2v) is 4.61. The highest BCUT2D eigenvalue weighted by Gasteiger charge is 2.04. The number of rotatable bonds is 7. The Bertz CT molecular complexity index is 600. The van der Waals surface area contributed by atoms with Crippen molar-refractivity contribution in [2.45, 2.75) is 6.42 Å². The summed E-state index contributed by atoms with van der Waals surface area (Å²) in [6.07, 6.45) is 0.815. The van der Waals surface area contributed by atoms with E-state index in [-0.39, 0.29) is 0 Å². The molecular formula is C16H19N3O2. The van der Waals surface area contributed by atoms with Crippen LogP contribution in [0.4, 0.5) is 11.4 Å². The Labute approximate surface area is 123 Å². The minimum atomic E-state index is -0.467. The topological polar surface area (TPSA) is 90.4 Å². The highest BCUT2D eigenvalue weighted by molar-refractivity contribution is 5.94. The van der Waals surface area contributed by atoms with Crippen molar-refractivity contribution in [2.24, 2.45) is 5.73 Å². The van der Waals surface area contributed by atoms with Gasteiger partial charge in [0.25, 0.3) is 0 Å². The molecule has 0 saturated heterocycles. The largest absolute Gasteiger partial charge is 0.494 e. The molecule has 21 heavy (non-hydrogen) atoms. The molecule has 0 radical (unpaired) electrons. The molecule has 0 aliphatic carbocycles. The van der Waals surface area contributed by atoms with Crippen LogP contribution in [0.25, 0.3) is 0 Å². The first-order valence-corrected chi connectivity index (χ1v) is 6.78. The fourth-order valence-electron chi connectivity index (χ4n) is 1.86. The molecule has 0 aliphatic rings. The summed E-state index contributed by atoms with van der Waals surface area (Å²) in [7, 11) is 0. The van der Waals surface area contributed by atoms with Gasteiger partial charge in [0.1, 0.15) is 5.75 Å². The van der Waals surface area contributed by atoms with E-state index in [4.69, 9.17) is 16.2 Å². The maximum Gasteiger partial charge on any atom is 0.248 e. The highest BCUT2D eigenvalue weighted by atomic mass is 16.5. The first-order chi connectivity index (χ1) is 10.2. The third-order valence-corrected chi connectivity index (χ3v) is 2.99. The number of carbonyl (C=O) groups excluding carboxylic acids is 1. The molecule has 0 atom stereocenters. The summed E-state index contributed by atoms with van der Waals surface area (Å²) >= 11 is 0. The summed E-state index contributed by atoms with van der Waals surface area (Å²) in [5.41, 5.74) is 12.8. The van der Waals surface area contributed by atoms with Crippen molar-refractivity contribution in [3.05, 3.63) is 54.1 Å². The maximum atomic E-state index is 11.1. The molecule has 5 N–H and O–H groups in total. The van der Waals surface area contributed by atoms with Gasteiger partial charge in [-0.25, -0.2) is 0 Å². The van der Waals surface area contributed by atoms with Crippen LogP contribution >= 0.6 is 0 Å². The summed E-state index contributed by atoms with van der Waals surface area (Å²) in [5, 5.41) is 3.18. The van der Waals surface area contributed by atoms with Crippen molar-refractivity contribution in [2.75, 3.05) is 24.2 Å². The van der Waals surface area contributed by atoms with Crippen LogP contribution in [0.5, 0.6) is 5.75 Å². The minimum Gasteiger partial charge on any atom is -0.494 e. The van der Waals surface area contributed by atoms with E-state index in [0.29, 0.717) is 30.1 Å². The van der Waals surface area contributed by atoms with E-state index in [2.05, 4.69) is 5.32 Å². The second-order valence-electron chi connectivity index (χ2n) is 4.61. The lowest BCUT2D eigenvalue weighted by molar-refractivity contribution is 0.100. The van der Waals surface area contributed by atoms with E-state index >= 15 is 0 Å². The van der Waals surface area contributed by atoms with Crippen LogP contribution in [0.1, 0.15) is 16.8 Å². The molecular weight excluding hydrogens is 266 g/mol. The third kappa shape index (κ3) is 4.42. The van der Waals surface area contributed by atoms with E-state index in [9.17, 15) is 4.79 Å². The zero-order valence-electron chi connectivity index (χ0n) is 11.7. The number of para-hydroxylation sites is 1. The SMILES string of the molecule is NC(=O)c1ccc(N)c(NCCCOc2ccccc2)c1. The zero-order valence-corrected chi connectivity index (χ0v) is 11.7. The van der Waals surface area contributed by atoms with E-state index in [1.54, 1.807) is 18.2 Å². The van der Waals surface area contributed by atoms with E-state index in [0.717, 1.165) is 12.2 Å². The highest BCUT2D eigenvalue weighted by Crippen LogP contribution is 2.19. The number of primary amides is 1. The average Bonchev–Trinajstić information content (AvgIpc) is 2.49. The number of hydrogen-bond acceptors (Lipinski definition) is 4. The summed E-state index contributed by atoms with van der Waals surface area (Å²) < 4.78 is 5.59. The quantitative estimate of drug-likeness (QED) is 0.537. The van der Waals surface area contributed by atoms with E-state index < -0.39 is 5.91 Å². The molecule has 0 bridgehead atoms. The van der Waals surface area contributed by atoms with Gasteiger partial charge in [-0.2, -0.15) is 0 Å². The summed E-state index contributed by atoms with van der Waals surface area (Å²) in [6.45, 7) is 1.30. The monoisotopic (exact) mass is 285 g/mol. The first-order valence-electron chi connectivity index (χ1n) is 6.78. The molecule has 5 heteroatoms. The van der Waals surface area contributed by atoms with Crippen molar-refractivity contribution in [3.63, 3.8) is 0 Å². The van der Waals surface area contributed by atoms with Crippen LogP contribution in [0.15, 0.2) is 48.5 Å². The van der Waals surface area contributed by atoms with Gasteiger partial charge < -0.3 is 21.5 Å². The van der Waals surface area contributed by atoms with Crippen LogP contribution in [-0.2, 0) is 0 Å². The Morgan fingerprint density at radius 2 is 1.90 bits per heavy atom. The van der Waals surface area contributed by atoms with Gasteiger partial charge in [-0.3, -0.25) is 4.79 Å². The maximum absolute atomic E-state index is 11.1. The van der Waals surface area contributed by atoms with Crippen LogP contribution in [0, 0.1) is 0 Å². The number of nitrogens with two attached hydrogens (primary N) is 2. The van der Waals surface area contributed by atoms with Crippen LogP contribution in [-0.4, -0.2) is 19.1 Å². The summed E-state index contributed by atoms with van der Waals surface area (Å²) in [6, 6.07) is 14.6. The molecule has 5 nitrogen and oxygen atoms in total. The predicted molar refractivity (Wildman–Crippen MR) is 84.4 cm³/mol. The van der Waals surface area contributed by atoms with Crippen LogP contribution in [0.3, 0.4) is 0 Å². The Morgan fingerprint density at radius 1 is 1.14 bits per heavy atom. The lowest BCUT2D eigenvalue weighted by Gasteiger charge is -2.11. The lowest BCUT2D eigenvalue weighted by Crippen LogP contribution is -2.13. The molecule has 2 aromatic carbocycles. The minimum absolute atomic E-state index is 0.437. The standard InChI is InChI=1S/C16H19N3O2/c17-14-8-7-12(16(18)20)11-15(14)19-9-4-10-21-13-5-2-1-3-6-13/h1-3,5-8,11,19H,4,9-10,17H2,(H2,18,20). The number of amides is 1. The van der Waals surface area contributed by atoms with Gasteiger partial charge in [0.15, 0.2) is 0 Å². The molecule has 0 fully saturated rings. The molecule has 1 amide bonds. The van der Waals surface area contributed by atoms with Crippen molar-refractivity contribution < 1.29 is 9.53 Å². The van der Waals surface area contributed by atoms with E-state index in [1.807, 2.05) is 30.3 Å². The Kier molecular flexibility index (Phi) is 5.04. The first kappa shape index (κ1) is 14.7. The van der Waals surface area contributed by atoms with Gasteiger partial charge in [0.05, 0.1) is 18.0 Å². The van der Waals surface area contributed by atoms with Gasteiger partial charge >= 0.3 is 0 Å². The Balaban J connectivity index is 1.78. The van der Waals surface area contributed by atoms with Gasteiger partial charge in [-0.05, 0) is 36.8 Å². The number of ether oxygens (including phenoxy) is 1. The van der Waals surface area contributed by atoms with Gasteiger partial charge in [0.2, 0.25) is 5.91 Å². The third-order valence-electron chi connectivity index (χ3n) is 2.99. The smallest absolute Gasteiger partial charge is 0.248 e. The van der Waals surface area contributed by atoms with Crippen molar-refractivity contribution in [1.29, 1.82) is 0 Å². The molecule has 0 unspecified atom stereocenters. The fraction of sp³-hybridized carbons (Fsp3) is 0.188. The number of hydrogen-bond donors (Lipinski definition) is 3. The molecule has 2 aromatic rings. The lowest BCUT2D eigenvalue weighted by atomic mass is 10.1. The molecule has 0 heterocycles. The fourth-order valence-corrected chi connectivity index (χ4v) is 1.86. The molecule has 0 saturated carbocycles. The van der Waals surface area contributed by atoms with Gasteiger partial charge in [0, 0.05) is 12.1 Å². The van der Waals surface area contributed by atoms with Crippen molar-refractivity contribution in [1.82, 2.24) is 0 Å². The summed E-state index contributed by atoms with van der Waals surface area (Å²) in [4.78, 5) is 11.1. The van der Waals surface area contributed by atoms with Crippen LogP contribution < -0.4 is 21.5 Å². The normalized spacial score (nSPS) is 10.1. The van der Waals surface area contributed by atoms with Crippen molar-refractivity contribution in [3.8, 4) is 5.75 Å². The number of anilines is 2. The number of nitrogens with one attached hydrogen (secondary N) is 1. The Morgan fingerprint density at radius 3 is 2.62 bits per heavy atom. The number of nitrogen functional groups attached to an aromatic ring is 1. The molecule has 0 aliphatic heterocycles. The predicted octanol–water partition coefficient (Wildman–Crippen LogP) is 2.25. The number of carbonyl (C=O) groups is 1. The van der Waals surface area contributed by atoms with Gasteiger partial charge in [-0.15, -0.1) is 0 Å². The van der Waals surface area contributed by atoms with E-state index in [1.165, 1.54) is 0 Å². The van der Waals surface area contributed by atoms with Crippen molar-refractivity contribution >= 4 is 17.3 Å². The Hall–Kier alpha value is -2.69. The second kappa shape index (κ2) is 7.19. The summed E-state index contributed by atoms with van der Waals surface area (Å²) in [5.74, 6) is 0.387. The molecule has 0 spiro atoms. The zero-order chi connectivity index (χ0) is 15.1. The van der Waals surface area contributed by atoms with Gasteiger partial charge in [-0.1, -0.05) is 18.2 Å². The molecule has 0 aromatic heterocycles. The number of benzene rings is 2. The molecule has 110 valence electrons. The average molecular weight is 285 g/mol. The van der Waals surface area contributed by atoms with Crippen LogP contribution in [0.2, 0.25) is 0 Å².